The lowest BCUT2D eigenvalue weighted by atomic mass is 10.1. The second-order valence-corrected chi connectivity index (χ2v) is 19.2. The van der Waals surface area contributed by atoms with Gasteiger partial charge in [0.25, 0.3) is 7.82 Å². The van der Waals surface area contributed by atoms with Crippen LogP contribution in [-0.4, -0.2) is 70.0 Å². The average Bonchev–Trinajstić information content (AvgIpc) is 3.26. The third kappa shape index (κ3) is 50.2. The largest absolute Gasteiger partial charge is 0.756 e. The minimum Gasteiger partial charge on any atom is -0.756 e. The van der Waals surface area contributed by atoms with E-state index in [1.54, 1.807) is 0 Å². The van der Waals surface area contributed by atoms with Gasteiger partial charge in [0.1, 0.15) is 19.8 Å². The third-order valence-electron chi connectivity index (χ3n) is 10.3. The highest BCUT2D eigenvalue weighted by Gasteiger charge is 2.21. The van der Waals surface area contributed by atoms with Gasteiger partial charge in [-0.3, -0.25) is 14.2 Å². The lowest BCUT2D eigenvalue weighted by Gasteiger charge is -2.28. The van der Waals surface area contributed by atoms with Crippen molar-refractivity contribution in [2.45, 2.75) is 193 Å². The highest BCUT2D eigenvalue weighted by Crippen LogP contribution is 2.38. The molecule has 2 atom stereocenters. The maximum atomic E-state index is 12.7. The first-order valence-corrected chi connectivity index (χ1v) is 26.9. The maximum absolute atomic E-state index is 12.7. The van der Waals surface area contributed by atoms with Gasteiger partial charge >= 0.3 is 11.9 Å². The second-order valence-electron chi connectivity index (χ2n) is 17.8. The van der Waals surface area contributed by atoms with Crippen molar-refractivity contribution in [1.29, 1.82) is 0 Å². The normalized spacial score (nSPS) is 14.2. The standard InChI is InChI=1S/C55H94NO8P/c1-6-8-10-12-14-16-18-20-22-24-25-26-27-28-29-30-31-32-34-36-38-40-42-44-46-48-55(58)64-53(52-63-65(59,60)62-50-49-56(3,4)5)51-61-54(57)47-45-43-41-39-37-35-33-23-21-19-17-15-13-11-9-7-2/h8,10,14,16,20,22-23,25-26,28-29,31-33,36,38,53H,6-7,9,11-13,15,17-19,21,24,27,30,34-35,37,39-52H2,1-5H3/b10-8-,16-14-,22-20-,26-25-,29-28-,32-31-,33-23-,38-36-. The number of nitrogens with zero attached hydrogens (tertiary/aromatic N) is 1. The number of unbranched alkanes of at least 4 members (excludes halogenated alkanes) is 15. The number of likely N-dealkylation sites (N-methyl/N-ethyl adjacent to an activating group) is 1. The fraction of sp³-hybridized carbons (Fsp3) is 0.673. The molecule has 0 aliphatic rings. The lowest BCUT2D eigenvalue weighted by molar-refractivity contribution is -0.870. The number of phosphoric acid groups is 1. The van der Waals surface area contributed by atoms with Crippen LogP contribution in [0.5, 0.6) is 0 Å². The molecule has 0 fully saturated rings. The number of hydrogen-bond donors (Lipinski definition) is 0. The molecule has 0 aromatic heterocycles. The molecule has 0 aromatic carbocycles. The highest BCUT2D eigenvalue weighted by atomic mass is 31.2. The molecule has 0 spiro atoms. The number of ether oxygens (including phenoxy) is 2. The first-order chi connectivity index (χ1) is 31.5. The number of rotatable bonds is 45. The van der Waals surface area contributed by atoms with Gasteiger partial charge in [-0.2, -0.15) is 0 Å². The number of allylic oxidation sites excluding steroid dienone is 16. The van der Waals surface area contributed by atoms with Gasteiger partial charge in [0, 0.05) is 12.8 Å². The molecule has 65 heavy (non-hydrogen) atoms. The topological polar surface area (TPSA) is 111 Å². The van der Waals surface area contributed by atoms with Crippen LogP contribution in [0.15, 0.2) is 97.2 Å². The van der Waals surface area contributed by atoms with Crippen LogP contribution >= 0.6 is 7.82 Å². The Kier molecular flexibility index (Phi) is 43.9. The van der Waals surface area contributed by atoms with Crippen LogP contribution < -0.4 is 4.89 Å². The Morgan fingerprint density at radius 2 is 0.877 bits per heavy atom. The van der Waals surface area contributed by atoms with Crippen LogP contribution in [0.1, 0.15) is 187 Å². The Balaban J connectivity index is 4.38. The van der Waals surface area contributed by atoms with Crippen LogP contribution in [0.2, 0.25) is 0 Å². The number of esters is 2. The van der Waals surface area contributed by atoms with Gasteiger partial charge in [0.15, 0.2) is 6.10 Å². The molecule has 0 N–H and O–H groups in total. The molecular formula is C55H94NO8P. The SMILES string of the molecule is CC/C=C\C/C=C\C/C=C\C/C=C\C/C=C\C/C=C\C/C=C\CCCCCC(=O)OC(COC(=O)CCCCCCC/C=C\CCCCCCCCC)COP(=O)([O-])OCC[N+](C)(C)C. The van der Waals surface area contributed by atoms with Crippen molar-refractivity contribution >= 4 is 19.8 Å². The summed E-state index contributed by atoms with van der Waals surface area (Å²) in [5, 5.41) is 0. The minimum absolute atomic E-state index is 0.0442. The molecule has 0 aliphatic heterocycles. The molecule has 0 aromatic rings. The van der Waals surface area contributed by atoms with Crippen molar-refractivity contribution in [3.8, 4) is 0 Å². The van der Waals surface area contributed by atoms with E-state index in [2.05, 4.69) is 111 Å². The number of carbonyl (C=O) groups excluding carboxylic acids is 2. The molecule has 0 saturated carbocycles. The summed E-state index contributed by atoms with van der Waals surface area (Å²) in [5.41, 5.74) is 0. The van der Waals surface area contributed by atoms with Gasteiger partial charge in [-0.05, 0) is 96.3 Å². The Hall–Kier alpha value is -3.07. The summed E-state index contributed by atoms with van der Waals surface area (Å²) in [6.45, 7) is 4.05. The van der Waals surface area contributed by atoms with E-state index in [0.29, 0.717) is 23.9 Å². The van der Waals surface area contributed by atoms with Crippen molar-refractivity contribution in [2.75, 3.05) is 47.5 Å². The molecule has 0 saturated heterocycles. The maximum Gasteiger partial charge on any atom is 0.306 e. The smallest absolute Gasteiger partial charge is 0.306 e. The van der Waals surface area contributed by atoms with Gasteiger partial charge in [-0.1, -0.05) is 175 Å². The van der Waals surface area contributed by atoms with Crippen LogP contribution in [-0.2, 0) is 32.7 Å². The average molecular weight is 928 g/mol. The predicted octanol–water partition coefficient (Wildman–Crippen LogP) is 14.7. The summed E-state index contributed by atoms with van der Waals surface area (Å²) in [5.74, 6) is -0.889. The molecule has 0 radical (unpaired) electrons. The van der Waals surface area contributed by atoms with E-state index in [-0.39, 0.29) is 26.1 Å². The Morgan fingerprint density at radius 1 is 0.492 bits per heavy atom. The molecule has 372 valence electrons. The Labute approximate surface area is 398 Å². The molecule has 0 aliphatic carbocycles. The minimum atomic E-state index is -4.65. The third-order valence-corrected chi connectivity index (χ3v) is 11.3. The molecule has 0 amide bonds. The molecule has 0 rings (SSSR count). The fourth-order valence-electron chi connectivity index (χ4n) is 6.39. The summed E-state index contributed by atoms with van der Waals surface area (Å²) in [6.07, 6.45) is 61.5. The van der Waals surface area contributed by atoms with E-state index in [4.69, 9.17) is 18.5 Å². The summed E-state index contributed by atoms with van der Waals surface area (Å²) < 4.78 is 34.0. The number of hydrogen-bond acceptors (Lipinski definition) is 8. The van der Waals surface area contributed by atoms with Crippen LogP contribution in [0.25, 0.3) is 0 Å². The molecule has 10 heteroatoms. The van der Waals surface area contributed by atoms with Crippen LogP contribution in [0.3, 0.4) is 0 Å². The number of quaternary nitrogens is 1. The van der Waals surface area contributed by atoms with E-state index in [1.807, 2.05) is 21.1 Å². The molecular weight excluding hydrogens is 834 g/mol. The number of phosphoric ester groups is 1. The van der Waals surface area contributed by atoms with Crippen molar-refractivity contribution in [1.82, 2.24) is 0 Å². The van der Waals surface area contributed by atoms with E-state index in [0.717, 1.165) is 96.3 Å². The summed E-state index contributed by atoms with van der Waals surface area (Å²) in [6, 6.07) is 0. The summed E-state index contributed by atoms with van der Waals surface area (Å²) in [7, 11) is 1.12. The van der Waals surface area contributed by atoms with Gasteiger partial charge < -0.3 is 27.9 Å². The van der Waals surface area contributed by atoms with Crippen molar-refractivity contribution in [2.24, 2.45) is 0 Å². The number of carbonyl (C=O) groups is 2. The van der Waals surface area contributed by atoms with Gasteiger partial charge in [0.05, 0.1) is 27.7 Å². The molecule has 9 nitrogen and oxygen atoms in total. The Morgan fingerprint density at radius 3 is 1.34 bits per heavy atom. The van der Waals surface area contributed by atoms with Crippen molar-refractivity contribution < 1.29 is 42.1 Å². The molecule has 0 bridgehead atoms. The van der Waals surface area contributed by atoms with Gasteiger partial charge in [0.2, 0.25) is 0 Å². The van der Waals surface area contributed by atoms with E-state index in [9.17, 15) is 19.0 Å². The van der Waals surface area contributed by atoms with Crippen molar-refractivity contribution in [3.63, 3.8) is 0 Å². The van der Waals surface area contributed by atoms with E-state index >= 15 is 0 Å². The monoisotopic (exact) mass is 928 g/mol. The quantitative estimate of drug-likeness (QED) is 0.0195. The second kappa shape index (κ2) is 46.1. The zero-order valence-corrected chi connectivity index (χ0v) is 42.8. The van der Waals surface area contributed by atoms with E-state index in [1.165, 1.54) is 51.4 Å². The van der Waals surface area contributed by atoms with Crippen LogP contribution in [0, 0.1) is 0 Å². The fourth-order valence-corrected chi connectivity index (χ4v) is 7.12. The first kappa shape index (κ1) is 61.9. The summed E-state index contributed by atoms with van der Waals surface area (Å²) >= 11 is 0. The van der Waals surface area contributed by atoms with Gasteiger partial charge in [-0.15, -0.1) is 0 Å². The van der Waals surface area contributed by atoms with Crippen molar-refractivity contribution in [3.05, 3.63) is 97.2 Å². The highest BCUT2D eigenvalue weighted by molar-refractivity contribution is 7.45. The summed E-state index contributed by atoms with van der Waals surface area (Å²) in [4.78, 5) is 37.7. The molecule has 0 heterocycles. The first-order valence-electron chi connectivity index (χ1n) is 25.4. The molecule has 2 unspecified atom stereocenters. The zero-order chi connectivity index (χ0) is 47.8. The van der Waals surface area contributed by atoms with E-state index < -0.39 is 32.5 Å². The Bertz CT molecular complexity index is 1420. The van der Waals surface area contributed by atoms with Gasteiger partial charge in [-0.25, -0.2) is 0 Å². The lowest BCUT2D eigenvalue weighted by Crippen LogP contribution is -2.37. The predicted molar refractivity (Wildman–Crippen MR) is 272 cm³/mol. The zero-order valence-electron chi connectivity index (χ0n) is 41.9. The van der Waals surface area contributed by atoms with Crippen LogP contribution in [0.4, 0.5) is 0 Å².